The van der Waals surface area contributed by atoms with E-state index in [4.69, 9.17) is 9.47 Å². The molecule has 0 aromatic carbocycles. The quantitative estimate of drug-likeness (QED) is 0.549. The molecular weight excluding hydrogens is 240 g/mol. The fourth-order valence-corrected chi connectivity index (χ4v) is 4.58. The summed E-state index contributed by atoms with van der Waals surface area (Å²) in [7, 11) is 0. The summed E-state index contributed by atoms with van der Waals surface area (Å²) < 4.78 is 10.8. The summed E-state index contributed by atoms with van der Waals surface area (Å²) in [6.07, 6.45) is 0.927. The molecule has 0 N–H and O–H groups in total. The largest absolute Gasteiger partial charge is 0.458 e. The van der Waals surface area contributed by atoms with Crippen molar-refractivity contribution in [3.05, 3.63) is 12.2 Å². The first kappa shape index (κ1) is 11.1. The lowest BCUT2D eigenvalue weighted by atomic mass is 9.76. The molecule has 17 heavy (non-hydrogen) atoms. The molecule has 1 aliphatic carbocycles. The second-order valence-electron chi connectivity index (χ2n) is 5.13. The summed E-state index contributed by atoms with van der Waals surface area (Å²) in [6.45, 7) is 5.19. The van der Waals surface area contributed by atoms with Gasteiger partial charge < -0.3 is 9.47 Å². The van der Waals surface area contributed by atoms with Gasteiger partial charge in [0.1, 0.15) is 6.10 Å². The van der Waals surface area contributed by atoms with Crippen molar-refractivity contribution in [1.82, 2.24) is 0 Å². The zero-order valence-corrected chi connectivity index (χ0v) is 10.4. The molecule has 4 nitrogen and oxygen atoms in total. The van der Waals surface area contributed by atoms with Gasteiger partial charge in [-0.2, -0.15) is 11.8 Å². The Morgan fingerprint density at radius 1 is 1.59 bits per heavy atom. The molecule has 3 fully saturated rings. The van der Waals surface area contributed by atoms with Gasteiger partial charge in [-0.1, -0.05) is 6.58 Å². The molecule has 0 aromatic heterocycles. The Balaban J connectivity index is 1.81. The summed E-state index contributed by atoms with van der Waals surface area (Å²) in [5, 5.41) is 0.198. The van der Waals surface area contributed by atoms with Gasteiger partial charge in [-0.3, -0.25) is 4.79 Å². The standard InChI is InChI=1S/C12H14O4S/c1-6(2)10(13)16-9-7-3-12(11(14)15-7)4-8(9)17-5-12/h7-9H,1,3-5H2,2H3. The van der Waals surface area contributed by atoms with E-state index in [0.29, 0.717) is 12.0 Å². The minimum absolute atomic E-state index is 0.105. The number of fused-ring (bicyclic) bond motifs is 2. The number of ether oxygens (including phenoxy) is 2. The second-order valence-corrected chi connectivity index (χ2v) is 6.36. The minimum atomic E-state index is -0.391. The number of carbonyl (C=O) groups excluding carboxylic acids is 2. The van der Waals surface area contributed by atoms with Crippen LogP contribution in [0.1, 0.15) is 19.8 Å². The highest BCUT2D eigenvalue weighted by atomic mass is 32.2. The molecule has 2 heterocycles. The summed E-state index contributed by atoms with van der Waals surface area (Å²) in [5.74, 6) is 0.304. The van der Waals surface area contributed by atoms with Crippen molar-refractivity contribution in [3.63, 3.8) is 0 Å². The maximum atomic E-state index is 11.8. The average Bonchev–Trinajstić information content (AvgIpc) is 2.76. The lowest BCUT2D eigenvalue weighted by Gasteiger charge is -2.30. The smallest absolute Gasteiger partial charge is 0.333 e. The van der Waals surface area contributed by atoms with Crippen molar-refractivity contribution < 1.29 is 19.1 Å². The van der Waals surface area contributed by atoms with E-state index in [1.165, 1.54) is 0 Å². The summed E-state index contributed by atoms with van der Waals surface area (Å²) >= 11 is 1.72. The Kier molecular flexibility index (Phi) is 2.30. The molecule has 3 aliphatic rings. The highest BCUT2D eigenvalue weighted by Gasteiger charge is 2.63. The first-order valence-corrected chi connectivity index (χ1v) is 6.76. The zero-order valence-electron chi connectivity index (χ0n) is 9.60. The molecule has 2 saturated heterocycles. The van der Waals surface area contributed by atoms with Crippen LogP contribution in [0.5, 0.6) is 0 Å². The van der Waals surface area contributed by atoms with Crippen LogP contribution in [0.3, 0.4) is 0 Å². The van der Waals surface area contributed by atoms with E-state index < -0.39 is 5.97 Å². The third kappa shape index (κ3) is 1.52. The fraction of sp³-hybridized carbons (Fsp3) is 0.667. The van der Waals surface area contributed by atoms with Crippen LogP contribution in [0.4, 0.5) is 0 Å². The van der Waals surface area contributed by atoms with E-state index >= 15 is 0 Å². The van der Waals surface area contributed by atoms with Gasteiger partial charge in [0.05, 0.1) is 5.41 Å². The SMILES string of the molecule is C=C(C)C(=O)OC1C2CC3(CSC1C3)C(=O)O2. The zero-order chi connectivity index (χ0) is 12.2. The third-order valence-electron chi connectivity index (χ3n) is 3.77. The Labute approximate surface area is 104 Å². The summed E-state index contributed by atoms with van der Waals surface area (Å²) in [5.41, 5.74) is 0.0979. The monoisotopic (exact) mass is 254 g/mol. The molecule has 4 atom stereocenters. The van der Waals surface area contributed by atoms with Gasteiger partial charge in [0.25, 0.3) is 0 Å². The van der Waals surface area contributed by atoms with Crippen LogP contribution in [0.2, 0.25) is 0 Å². The van der Waals surface area contributed by atoms with Crippen molar-refractivity contribution in [3.8, 4) is 0 Å². The number of thioether (sulfide) groups is 1. The highest BCUT2D eigenvalue weighted by molar-refractivity contribution is 8.00. The van der Waals surface area contributed by atoms with Gasteiger partial charge in [-0.25, -0.2) is 4.79 Å². The maximum absolute atomic E-state index is 11.8. The van der Waals surface area contributed by atoms with E-state index in [0.717, 1.165) is 12.2 Å². The number of hydrogen-bond donors (Lipinski definition) is 0. The van der Waals surface area contributed by atoms with Gasteiger partial charge in [0.2, 0.25) is 0 Å². The van der Waals surface area contributed by atoms with E-state index in [9.17, 15) is 9.59 Å². The van der Waals surface area contributed by atoms with Crippen molar-refractivity contribution in [2.45, 2.75) is 37.2 Å². The van der Waals surface area contributed by atoms with E-state index in [2.05, 4.69) is 6.58 Å². The van der Waals surface area contributed by atoms with Crippen LogP contribution < -0.4 is 0 Å². The predicted octanol–water partition coefficient (Wildman–Crippen LogP) is 1.30. The van der Waals surface area contributed by atoms with Gasteiger partial charge in [-0.15, -0.1) is 0 Å². The molecular formula is C12H14O4S. The molecule has 1 spiro atoms. The second kappa shape index (κ2) is 3.51. The van der Waals surface area contributed by atoms with Crippen molar-refractivity contribution in [2.24, 2.45) is 5.41 Å². The Morgan fingerprint density at radius 3 is 3.06 bits per heavy atom. The number of rotatable bonds is 2. The Hall–Kier alpha value is -0.970. The maximum Gasteiger partial charge on any atom is 0.333 e. The van der Waals surface area contributed by atoms with Crippen LogP contribution in [0, 0.1) is 5.41 Å². The summed E-state index contributed by atoms with van der Waals surface area (Å²) in [4.78, 5) is 23.4. The number of esters is 2. The van der Waals surface area contributed by atoms with Crippen LogP contribution in [-0.4, -0.2) is 35.1 Å². The lowest BCUT2D eigenvalue weighted by molar-refractivity contribution is -0.157. The van der Waals surface area contributed by atoms with Crippen LogP contribution in [0.25, 0.3) is 0 Å². The average molecular weight is 254 g/mol. The van der Waals surface area contributed by atoms with E-state index in [1.807, 2.05) is 0 Å². The molecule has 3 rings (SSSR count). The molecule has 1 saturated carbocycles. The van der Waals surface area contributed by atoms with Crippen molar-refractivity contribution in [2.75, 3.05) is 5.75 Å². The molecule has 4 unspecified atom stereocenters. The number of hydrogen-bond acceptors (Lipinski definition) is 5. The molecule has 0 radical (unpaired) electrons. The minimum Gasteiger partial charge on any atom is -0.458 e. The highest BCUT2D eigenvalue weighted by Crippen LogP contribution is 2.56. The van der Waals surface area contributed by atoms with Crippen LogP contribution in [0.15, 0.2) is 12.2 Å². The van der Waals surface area contributed by atoms with Crippen LogP contribution >= 0.6 is 11.8 Å². The Bertz CT molecular complexity index is 415. The molecule has 0 amide bonds. The van der Waals surface area contributed by atoms with Gasteiger partial charge in [0.15, 0.2) is 6.10 Å². The molecule has 5 heteroatoms. The van der Waals surface area contributed by atoms with Gasteiger partial charge in [-0.05, 0) is 13.3 Å². The molecule has 3 bridgehead atoms. The normalized spacial score (nSPS) is 42.2. The fourth-order valence-electron chi connectivity index (χ4n) is 2.84. The van der Waals surface area contributed by atoms with Crippen molar-refractivity contribution in [1.29, 1.82) is 0 Å². The first-order chi connectivity index (χ1) is 8.02. The van der Waals surface area contributed by atoms with Crippen LogP contribution in [-0.2, 0) is 19.1 Å². The van der Waals surface area contributed by atoms with Gasteiger partial charge >= 0.3 is 11.9 Å². The topological polar surface area (TPSA) is 52.6 Å². The summed E-state index contributed by atoms with van der Waals surface area (Å²) in [6, 6.07) is 0. The predicted molar refractivity (Wildman–Crippen MR) is 62.5 cm³/mol. The van der Waals surface area contributed by atoms with E-state index in [-0.39, 0.29) is 28.8 Å². The van der Waals surface area contributed by atoms with Crippen molar-refractivity contribution >= 4 is 23.7 Å². The molecule has 2 aliphatic heterocycles. The molecule has 92 valence electrons. The third-order valence-corrected chi connectivity index (χ3v) is 5.36. The van der Waals surface area contributed by atoms with Gasteiger partial charge in [0, 0.05) is 23.0 Å². The Morgan fingerprint density at radius 2 is 2.35 bits per heavy atom. The lowest BCUT2D eigenvalue weighted by Crippen LogP contribution is -2.42. The van der Waals surface area contributed by atoms with E-state index in [1.54, 1.807) is 18.7 Å². The first-order valence-electron chi connectivity index (χ1n) is 5.71. The molecule has 0 aromatic rings. The number of carbonyl (C=O) groups is 2.